The zero-order chi connectivity index (χ0) is 13.9. The zero-order valence-electron chi connectivity index (χ0n) is 12.9. The Morgan fingerprint density at radius 1 is 1.16 bits per heavy atom. The molecule has 1 unspecified atom stereocenters. The first-order valence-electron chi connectivity index (χ1n) is 8.29. The Balaban J connectivity index is 2.18. The molecule has 19 heavy (non-hydrogen) atoms. The molecule has 0 aromatic heterocycles. The molecule has 0 bridgehead atoms. The predicted octanol–water partition coefficient (Wildman–Crippen LogP) is 3.34. The number of carbonyl (C=O) groups excluding carboxylic acids is 1. The van der Waals surface area contributed by atoms with Gasteiger partial charge in [-0.3, -0.25) is 4.79 Å². The molecule has 0 aromatic carbocycles. The van der Waals surface area contributed by atoms with Crippen molar-refractivity contribution in [2.45, 2.75) is 77.7 Å². The third kappa shape index (κ3) is 6.42. The van der Waals surface area contributed by atoms with Gasteiger partial charge in [0.15, 0.2) is 0 Å². The van der Waals surface area contributed by atoms with Crippen LogP contribution in [-0.4, -0.2) is 36.5 Å². The molecule has 1 saturated heterocycles. The van der Waals surface area contributed by atoms with E-state index in [-0.39, 0.29) is 0 Å². The van der Waals surface area contributed by atoms with Gasteiger partial charge in [0.05, 0.1) is 0 Å². The molecule has 0 spiro atoms. The molecule has 0 aliphatic carbocycles. The highest BCUT2D eigenvalue weighted by molar-refractivity contribution is 5.76. The van der Waals surface area contributed by atoms with Crippen LogP contribution in [0.15, 0.2) is 0 Å². The Morgan fingerprint density at radius 2 is 1.89 bits per heavy atom. The number of hydrogen-bond donors (Lipinski definition) is 1. The Morgan fingerprint density at radius 3 is 2.53 bits per heavy atom. The van der Waals surface area contributed by atoms with Crippen LogP contribution in [0.2, 0.25) is 0 Å². The maximum absolute atomic E-state index is 12.3. The number of piperidine rings is 1. The summed E-state index contributed by atoms with van der Waals surface area (Å²) >= 11 is 0. The summed E-state index contributed by atoms with van der Waals surface area (Å²) in [4.78, 5) is 14.4. The predicted molar refractivity (Wildman–Crippen MR) is 81.3 cm³/mol. The van der Waals surface area contributed by atoms with Crippen molar-refractivity contribution in [1.29, 1.82) is 0 Å². The van der Waals surface area contributed by atoms with Crippen LogP contribution in [0.25, 0.3) is 0 Å². The molecule has 1 heterocycles. The fourth-order valence-electron chi connectivity index (χ4n) is 2.94. The summed E-state index contributed by atoms with van der Waals surface area (Å²) in [6.45, 7) is 7.30. The third-order valence-corrected chi connectivity index (χ3v) is 4.12. The van der Waals surface area contributed by atoms with Crippen molar-refractivity contribution in [3.05, 3.63) is 0 Å². The maximum atomic E-state index is 12.3. The zero-order valence-corrected chi connectivity index (χ0v) is 12.9. The number of rotatable bonds is 9. The number of hydrogen-bond acceptors (Lipinski definition) is 2. The van der Waals surface area contributed by atoms with E-state index < -0.39 is 0 Å². The smallest absolute Gasteiger partial charge is 0.222 e. The quantitative estimate of drug-likeness (QED) is 0.651. The van der Waals surface area contributed by atoms with Crippen molar-refractivity contribution in [2.24, 2.45) is 0 Å². The molecule has 1 aliphatic rings. The molecular formula is C16H32N2O. The maximum Gasteiger partial charge on any atom is 0.222 e. The lowest BCUT2D eigenvalue weighted by atomic mass is 10.0. The average molecular weight is 268 g/mol. The molecule has 1 atom stereocenters. The van der Waals surface area contributed by atoms with Crippen molar-refractivity contribution < 1.29 is 4.79 Å². The summed E-state index contributed by atoms with van der Waals surface area (Å²) in [5.41, 5.74) is 0. The van der Waals surface area contributed by atoms with Crippen LogP contribution in [0.1, 0.15) is 71.6 Å². The minimum atomic E-state index is 0.367. The highest BCUT2D eigenvalue weighted by Crippen LogP contribution is 2.14. The number of nitrogens with zero attached hydrogens (tertiary/aromatic N) is 1. The Kier molecular flexibility index (Phi) is 8.89. The van der Waals surface area contributed by atoms with Crippen molar-refractivity contribution in [3.8, 4) is 0 Å². The number of amides is 1. The summed E-state index contributed by atoms with van der Waals surface area (Å²) in [6.07, 6.45) is 10.6. The molecule has 0 radical (unpaired) electrons. The van der Waals surface area contributed by atoms with Crippen molar-refractivity contribution in [2.75, 3.05) is 19.6 Å². The lowest BCUT2D eigenvalue weighted by Crippen LogP contribution is -2.48. The van der Waals surface area contributed by atoms with E-state index in [1.807, 2.05) is 0 Å². The molecule has 1 N–H and O–H groups in total. The first kappa shape index (κ1) is 16.5. The van der Waals surface area contributed by atoms with Crippen LogP contribution in [0.3, 0.4) is 0 Å². The molecule has 1 rings (SSSR count). The Bertz CT molecular complexity index is 237. The van der Waals surface area contributed by atoms with Gasteiger partial charge in [0.1, 0.15) is 0 Å². The van der Waals surface area contributed by atoms with Crippen LogP contribution >= 0.6 is 0 Å². The van der Waals surface area contributed by atoms with E-state index in [2.05, 4.69) is 24.1 Å². The molecule has 3 nitrogen and oxygen atoms in total. The first-order chi connectivity index (χ1) is 9.29. The standard InChI is InChI=1S/C16H32N2O/c1-3-5-6-7-8-9-12-16(19)18(4-2)15-11-10-13-17-14-15/h15,17H,3-14H2,1-2H3. The van der Waals surface area contributed by atoms with Gasteiger partial charge in [-0.2, -0.15) is 0 Å². The molecule has 1 fully saturated rings. The van der Waals surface area contributed by atoms with E-state index >= 15 is 0 Å². The summed E-state index contributed by atoms with van der Waals surface area (Å²) in [7, 11) is 0. The van der Waals surface area contributed by atoms with E-state index in [1.165, 1.54) is 44.9 Å². The van der Waals surface area contributed by atoms with Crippen molar-refractivity contribution >= 4 is 5.91 Å². The van der Waals surface area contributed by atoms with Gasteiger partial charge in [0.2, 0.25) is 5.91 Å². The van der Waals surface area contributed by atoms with Crippen LogP contribution < -0.4 is 5.32 Å². The fraction of sp³-hybridized carbons (Fsp3) is 0.938. The number of carbonyl (C=O) groups is 1. The normalized spacial score (nSPS) is 19.4. The SMILES string of the molecule is CCCCCCCCC(=O)N(CC)C1CCCNC1. The second-order valence-corrected chi connectivity index (χ2v) is 5.70. The van der Waals surface area contributed by atoms with Gasteiger partial charge in [0.25, 0.3) is 0 Å². The highest BCUT2D eigenvalue weighted by Gasteiger charge is 2.23. The van der Waals surface area contributed by atoms with Crippen LogP contribution in [0.4, 0.5) is 0 Å². The largest absolute Gasteiger partial charge is 0.339 e. The summed E-state index contributed by atoms with van der Waals surface area (Å²) in [5.74, 6) is 0.367. The second kappa shape index (κ2) is 10.2. The Hall–Kier alpha value is -0.570. The van der Waals surface area contributed by atoms with Gasteiger partial charge in [0, 0.05) is 25.6 Å². The van der Waals surface area contributed by atoms with Gasteiger partial charge >= 0.3 is 0 Å². The first-order valence-corrected chi connectivity index (χ1v) is 8.29. The van der Waals surface area contributed by atoms with Gasteiger partial charge in [-0.1, -0.05) is 39.0 Å². The third-order valence-electron chi connectivity index (χ3n) is 4.12. The van der Waals surface area contributed by atoms with E-state index in [0.717, 1.165) is 32.5 Å². The van der Waals surface area contributed by atoms with E-state index in [4.69, 9.17) is 0 Å². The molecule has 0 aromatic rings. The van der Waals surface area contributed by atoms with Crippen LogP contribution in [-0.2, 0) is 4.79 Å². The topological polar surface area (TPSA) is 32.3 Å². The van der Waals surface area contributed by atoms with Crippen LogP contribution in [0.5, 0.6) is 0 Å². The van der Waals surface area contributed by atoms with Gasteiger partial charge in [-0.25, -0.2) is 0 Å². The molecule has 0 saturated carbocycles. The van der Waals surface area contributed by atoms with Crippen molar-refractivity contribution in [3.63, 3.8) is 0 Å². The van der Waals surface area contributed by atoms with Crippen LogP contribution in [0, 0.1) is 0 Å². The van der Waals surface area contributed by atoms with Crippen molar-refractivity contribution in [1.82, 2.24) is 10.2 Å². The Labute approximate surface area is 119 Å². The fourth-order valence-corrected chi connectivity index (χ4v) is 2.94. The summed E-state index contributed by atoms with van der Waals surface area (Å²) < 4.78 is 0. The minimum Gasteiger partial charge on any atom is -0.339 e. The van der Waals surface area contributed by atoms with Gasteiger partial charge in [-0.05, 0) is 32.7 Å². The molecule has 112 valence electrons. The van der Waals surface area contributed by atoms with E-state index in [9.17, 15) is 4.79 Å². The molecule has 3 heteroatoms. The number of likely N-dealkylation sites (N-methyl/N-ethyl adjacent to an activating group) is 1. The highest BCUT2D eigenvalue weighted by atomic mass is 16.2. The summed E-state index contributed by atoms with van der Waals surface area (Å²) in [5, 5.41) is 3.40. The lowest BCUT2D eigenvalue weighted by Gasteiger charge is -2.34. The monoisotopic (exact) mass is 268 g/mol. The van der Waals surface area contributed by atoms with E-state index in [0.29, 0.717) is 11.9 Å². The van der Waals surface area contributed by atoms with Gasteiger partial charge in [-0.15, -0.1) is 0 Å². The van der Waals surface area contributed by atoms with Gasteiger partial charge < -0.3 is 10.2 Å². The number of nitrogens with one attached hydrogen (secondary N) is 1. The molecule has 1 aliphatic heterocycles. The second-order valence-electron chi connectivity index (χ2n) is 5.70. The molecular weight excluding hydrogens is 236 g/mol. The minimum absolute atomic E-state index is 0.367. The summed E-state index contributed by atoms with van der Waals surface area (Å²) in [6, 6.07) is 0.436. The molecule has 1 amide bonds. The average Bonchev–Trinajstić information content (AvgIpc) is 2.45. The number of unbranched alkanes of at least 4 members (excludes halogenated alkanes) is 5. The lowest BCUT2D eigenvalue weighted by molar-refractivity contribution is -0.133. The van der Waals surface area contributed by atoms with E-state index in [1.54, 1.807) is 0 Å².